The molecule has 0 bridgehead atoms. The van der Waals surface area contributed by atoms with E-state index in [0.29, 0.717) is 0 Å². The molecule has 12 heavy (non-hydrogen) atoms. The van der Waals surface area contributed by atoms with Gasteiger partial charge in [-0.2, -0.15) is 0 Å². The van der Waals surface area contributed by atoms with E-state index in [4.69, 9.17) is 11.6 Å². The van der Waals surface area contributed by atoms with Crippen LogP contribution in [0.2, 0.25) is 0 Å². The van der Waals surface area contributed by atoms with Gasteiger partial charge in [-0.25, -0.2) is 0 Å². The Hall–Kier alpha value is 0.250. The van der Waals surface area contributed by atoms with Crippen molar-refractivity contribution >= 4 is 11.6 Å². The molecule has 0 rings (SSSR count). The summed E-state index contributed by atoms with van der Waals surface area (Å²) in [6, 6.07) is 0. The number of alkyl halides is 1. The molecule has 0 aliphatic carbocycles. The number of halogens is 1. The molecule has 0 heterocycles. The summed E-state index contributed by atoms with van der Waals surface area (Å²) < 4.78 is 0. The van der Waals surface area contributed by atoms with Crippen molar-refractivity contribution in [1.82, 2.24) is 4.90 Å². The fraction of sp³-hybridized carbons (Fsp3) is 1.00. The van der Waals surface area contributed by atoms with Crippen LogP contribution in [0, 0.1) is 5.92 Å². The van der Waals surface area contributed by atoms with Crippen molar-refractivity contribution < 1.29 is 0 Å². The summed E-state index contributed by atoms with van der Waals surface area (Å²) in [7, 11) is 0. The molecular formula is C10H22ClN. The third-order valence-electron chi connectivity index (χ3n) is 2.43. The molecule has 0 saturated heterocycles. The SMILES string of the molecule is CCN(CC)CCC(C)CCCl. The van der Waals surface area contributed by atoms with Crippen molar-refractivity contribution in [3.05, 3.63) is 0 Å². The normalized spacial score (nSPS) is 13.8. The van der Waals surface area contributed by atoms with Gasteiger partial charge in [-0.05, 0) is 38.4 Å². The minimum atomic E-state index is 0.781. The van der Waals surface area contributed by atoms with Crippen LogP contribution < -0.4 is 0 Å². The van der Waals surface area contributed by atoms with Crippen LogP contribution in [0.4, 0.5) is 0 Å². The first kappa shape index (κ1) is 12.2. The number of rotatable bonds is 7. The van der Waals surface area contributed by atoms with Gasteiger partial charge in [0.15, 0.2) is 0 Å². The average molecular weight is 192 g/mol. The van der Waals surface area contributed by atoms with Crippen molar-refractivity contribution in [3.63, 3.8) is 0 Å². The zero-order chi connectivity index (χ0) is 9.40. The Kier molecular flexibility index (Phi) is 8.04. The molecule has 0 spiro atoms. The van der Waals surface area contributed by atoms with Gasteiger partial charge >= 0.3 is 0 Å². The molecule has 0 radical (unpaired) electrons. The van der Waals surface area contributed by atoms with Crippen LogP contribution in [0.3, 0.4) is 0 Å². The second-order valence-corrected chi connectivity index (χ2v) is 3.78. The van der Waals surface area contributed by atoms with Crippen LogP contribution >= 0.6 is 11.6 Å². The summed E-state index contributed by atoms with van der Waals surface area (Å²) in [5.41, 5.74) is 0. The fourth-order valence-electron chi connectivity index (χ4n) is 1.27. The van der Waals surface area contributed by atoms with Gasteiger partial charge in [0.1, 0.15) is 0 Å². The van der Waals surface area contributed by atoms with Gasteiger partial charge < -0.3 is 4.90 Å². The van der Waals surface area contributed by atoms with Gasteiger partial charge in [0, 0.05) is 5.88 Å². The summed E-state index contributed by atoms with van der Waals surface area (Å²) in [6.45, 7) is 10.3. The third kappa shape index (κ3) is 5.84. The van der Waals surface area contributed by atoms with Gasteiger partial charge in [0.2, 0.25) is 0 Å². The van der Waals surface area contributed by atoms with Crippen molar-refractivity contribution in [1.29, 1.82) is 0 Å². The molecular weight excluding hydrogens is 170 g/mol. The Morgan fingerprint density at radius 3 is 2.17 bits per heavy atom. The standard InChI is InChI=1S/C10H22ClN/c1-4-12(5-2)9-7-10(3)6-8-11/h10H,4-9H2,1-3H3. The van der Waals surface area contributed by atoms with E-state index < -0.39 is 0 Å². The topological polar surface area (TPSA) is 3.24 Å². The maximum atomic E-state index is 5.67. The Bertz CT molecular complexity index is 91.8. The highest BCUT2D eigenvalue weighted by atomic mass is 35.5. The molecule has 0 fully saturated rings. The Morgan fingerprint density at radius 1 is 1.17 bits per heavy atom. The van der Waals surface area contributed by atoms with Gasteiger partial charge in [-0.15, -0.1) is 11.6 Å². The van der Waals surface area contributed by atoms with E-state index in [1.807, 2.05) is 0 Å². The molecule has 0 saturated carbocycles. The molecule has 0 aliphatic heterocycles. The smallest absolute Gasteiger partial charge is 0.0225 e. The lowest BCUT2D eigenvalue weighted by Gasteiger charge is -2.19. The molecule has 1 atom stereocenters. The Labute approximate surface area is 82.1 Å². The second kappa shape index (κ2) is 7.88. The van der Waals surface area contributed by atoms with Gasteiger partial charge in [-0.3, -0.25) is 0 Å². The largest absolute Gasteiger partial charge is 0.304 e. The molecule has 0 aromatic carbocycles. The fourth-order valence-corrected chi connectivity index (χ4v) is 1.65. The lowest BCUT2D eigenvalue weighted by molar-refractivity contribution is 0.278. The molecule has 1 nitrogen and oxygen atoms in total. The first-order valence-electron chi connectivity index (χ1n) is 5.02. The molecule has 2 heteroatoms. The van der Waals surface area contributed by atoms with Crippen molar-refractivity contribution in [2.24, 2.45) is 5.92 Å². The van der Waals surface area contributed by atoms with Crippen LogP contribution in [-0.2, 0) is 0 Å². The zero-order valence-corrected chi connectivity index (χ0v) is 9.40. The predicted octanol–water partition coefficient (Wildman–Crippen LogP) is 2.98. The number of hydrogen-bond acceptors (Lipinski definition) is 1. The molecule has 0 N–H and O–H groups in total. The summed E-state index contributed by atoms with van der Waals surface area (Å²) in [5.74, 6) is 1.59. The number of hydrogen-bond donors (Lipinski definition) is 0. The van der Waals surface area contributed by atoms with Crippen LogP contribution in [0.5, 0.6) is 0 Å². The van der Waals surface area contributed by atoms with E-state index in [0.717, 1.165) is 18.2 Å². The molecule has 0 aliphatic rings. The van der Waals surface area contributed by atoms with E-state index in [1.165, 1.54) is 26.1 Å². The Balaban J connectivity index is 3.37. The lowest BCUT2D eigenvalue weighted by atomic mass is 10.1. The van der Waals surface area contributed by atoms with E-state index in [2.05, 4.69) is 25.7 Å². The first-order chi connectivity index (χ1) is 5.74. The zero-order valence-electron chi connectivity index (χ0n) is 8.65. The molecule has 0 amide bonds. The summed E-state index contributed by atoms with van der Waals surface area (Å²) in [6.07, 6.45) is 2.44. The van der Waals surface area contributed by atoms with Gasteiger partial charge in [-0.1, -0.05) is 20.8 Å². The Morgan fingerprint density at radius 2 is 1.75 bits per heavy atom. The molecule has 0 aromatic heterocycles. The van der Waals surface area contributed by atoms with Crippen LogP contribution in [-0.4, -0.2) is 30.4 Å². The van der Waals surface area contributed by atoms with Crippen LogP contribution in [0.15, 0.2) is 0 Å². The summed E-state index contributed by atoms with van der Waals surface area (Å²) in [4.78, 5) is 2.46. The maximum absolute atomic E-state index is 5.67. The van der Waals surface area contributed by atoms with Gasteiger partial charge in [0.25, 0.3) is 0 Å². The van der Waals surface area contributed by atoms with E-state index in [1.54, 1.807) is 0 Å². The summed E-state index contributed by atoms with van der Waals surface area (Å²) in [5, 5.41) is 0. The third-order valence-corrected chi connectivity index (χ3v) is 2.65. The van der Waals surface area contributed by atoms with Crippen molar-refractivity contribution in [2.45, 2.75) is 33.6 Å². The minimum Gasteiger partial charge on any atom is -0.304 e. The summed E-state index contributed by atoms with van der Waals surface area (Å²) >= 11 is 5.67. The number of nitrogens with zero attached hydrogens (tertiary/aromatic N) is 1. The van der Waals surface area contributed by atoms with Gasteiger partial charge in [0.05, 0.1) is 0 Å². The first-order valence-corrected chi connectivity index (χ1v) is 5.56. The highest BCUT2D eigenvalue weighted by molar-refractivity contribution is 6.17. The van der Waals surface area contributed by atoms with E-state index in [-0.39, 0.29) is 0 Å². The highest BCUT2D eigenvalue weighted by Crippen LogP contribution is 2.09. The van der Waals surface area contributed by atoms with Crippen LogP contribution in [0.1, 0.15) is 33.6 Å². The van der Waals surface area contributed by atoms with Crippen molar-refractivity contribution in [3.8, 4) is 0 Å². The highest BCUT2D eigenvalue weighted by Gasteiger charge is 2.03. The maximum Gasteiger partial charge on any atom is 0.0225 e. The second-order valence-electron chi connectivity index (χ2n) is 3.40. The quantitative estimate of drug-likeness (QED) is 0.560. The predicted molar refractivity (Wildman–Crippen MR) is 56.9 cm³/mol. The average Bonchev–Trinajstić information content (AvgIpc) is 2.07. The van der Waals surface area contributed by atoms with Crippen molar-refractivity contribution in [2.75, 3.05) is 25.5 Å². The van der Waals surface area contributed by atoms with E-state index >= 15 is 0 Å². The lowest BCUT2D eigenvalue weighted by Crippen LogP contribution is -2.25. The molecule has 0 aromatic rings. The minimum absolute atomic E-state index is 0.781. The van der Waals surface area contributed by atoms with Crippen LogP contribution in [0.25, 0.3) is 0 Å². The molecule has 74 valence electrons. The monoisotopic (exact) mass is 191 g/mol. The molecule has 1 unspecified atom stereocenters. The van der Waals surface area contributed by atoms with E-state index in [9.17, 15) is 0 Å².